The predicted molar refractivity (Wildman–Crippen MR) is 68.1 cm³/mol. The zero-order chi connectivity index (χ0) is 13.1. The summed E-state index contributed by atoms with van der Waals surface area (Å²) in [5, 5.41) is 2.65. The van der Waals surface area contributed by atoms with Gasteiger partial charge in [-0.3, -0.25) is 4.79 Å². The van der Waals surface area contributed by atoms with E-state index < -0.39 is 5.82 Å². The van der Waals surface area contributed by atoms with Gasteiger partial charge in [-0.15, -0.1) is 0 Å². The van der Waals surface area contributed by atoms with Gasteiger partial charge in [0.15, 0.2) is 11.6 Å². The van der Waals surface area contributed by atoms with Crippen molar-refractivity contribution in [2.75, 3.05) is 18.9 Å². The molecule has 4 nitrogen and oxygen atoms in total. The Hall–Kier alpha value is -1.65. The molecular weight excluding hydrogens is 233 g/mol. The van der Waals surface area contributed by atoms with E-state index in [0.717, 1.165) is 19.3 Å². The number of nitrogens with one attached hydrogen (secondary N) is 1. The fourth-order valence-corrected chi connectivity index (χ4v) is 2.01. The highest BCUT2D eigenvalue weighted by Gasteiger charge is 2.33. The van der Waals surface area contributed by atoms with E-state index in [1.54, 1.807) is 11.9 Å². The van der Waals surface area contributed by atoms with Crippen molar-refractivity contribution in [1.29, 1.82) is 0 Å². The van der Waals surface area contributed by atoms with Crippen LogP contribution >= 0.6 is 0 Å². The maximum Gasteiger partial charge on any atom is 0.257 e. The monoisotopic (exact) mass is 251 g/mol. The van der Waals surface area contributed by atoms with E-state index in [1.807, 2.05) is 6.92 Å². The fourth-order valence-electron chi connectivity index (χ4n) is 2.01. The summed E-state index contributed by atoms with van der Waals surface area (Å²) in [5.41, 5.74) is 0.106. The molecule has 2 rings (SSSR count). The van der Waals surface area contributed by atoms with E-state index in [4.69, 9.17) is 0 Å². The number of carbonyl (C=O) groups excluding carboxylic acids is 1. The molecule has 0 saturated heterocycles. The van der Waals surface area contributed by atoms with E-state index >= 15 is 0 Å². The Bertz CT molecular complexity index is 446. The molecular formula is C13H18FN3O. The van der Waals surface area contributed by atoms with Crippen LogP contribution in [0.15, 0.2) is 12.3 Å². The first-order valence-corrected chi connectivity index (χ1v) is 6.32. The van der Waals surface area contributed by atoms with E-state index in [1.165, 1.54) is 12.3 Å². The van der Waals surface area contributed by atoms with Gasteiger partial charge in [-0.1, -0.05) is 6.92 Å². The minimum Gasteiger partial charge on any atom is -0.371 e. The molecule has 1 aromatic heterocycles. The number of aromatic nitrogens is 1. The van der Waals surface area contributed by atoms with Gasteiger partial charge in [-0.25, -0.2) is 9.37 Å². The smallest absolute Gasteiger partial charge is 0.257 e. The van der Waals surface area contributed by atoms with Crippen molar-refractivity contribution >= 4 is 11.7 Å². The molecule has 0 atom stereocenters. The first-order chi connectivity index (χ1) is 8.69. The summed E-state index contributed by atoms with van der Waals surface area (Å²) in [6.07, 6.45) is 4.39. The Morgan fingerprint density at radius 1 is 1.61 bits per heavy atom. The van der Waals surface area contributed by atoms with Crippen molar-refractivity contribution in [2.24, 2.45) is 0 Å². The summed E-state index contributed by atoms with van der Waals surface area (Å²) in [7, 11) is 1.59. The van der Waals surface area contributed by atoms with Gasteiger partial charge in [-0.2, -0.15) is 0 Å². The summed E-state index contributed by atoms with van der Waals surface area (Å²) in [5.74, 6) is -0.671. The second kappa shape index (κ2) is 5.33. The summed E-state index contributed by atoms with van der Waals surface area (Å²) >= 11 is 0. The Morgan fingerprint density at radius 3 is 2.89 bits per heavy atom. The second-order valence-corrected chi connectivity index (χ2v) is 4.50. The van der Waals surface area contributed by atoms with Crippen molar-refractivity contribution in [1.82, 2.24) is 9.88 Å². The van der Waals surface area contributed by atoms with Gasteiger partial charge in [0.2, 0.25) is 0 Å². The van der Waals surface area contributed by atoms with Crippen LogP contribution in [-0.2, 0) is 0 Å². The molecule has 0 unspecified atom stereocenters. The molecule has 0 bridgehead atoms. The SMILES string of the molecule is CCCN(C(=O)c1ccnc(NC)c1F)C1CC1. The Morgan fingerprint density at radius 2 is 2.33 bits per heavy atom. The number of anilines is 1. The maximum atomic E-state index is 14.0. The highest BCUT2D eigenvalue weighted by Crippen LogP contribution is 2.29. The normalized spacial score (nSPS) is 14.4. The highest BCUT2D eigenvalue weighted by molar-refractivity contribution is 5.95. The fraction of sp³-hybridized carbons (Fsp3) is 0.538. The van der Waals surface area contributed by atoms with Crippen LogP contribution in [0.3, 0.4) is 0 Å². The molecule has 0 aliphatic heterocycles. The Kier molecular flexibility index (Phi) is 3.79. The zero-order valence-corrected chi connectivity index (χ0v) is 10.7. The molecule has 1 amide bonds. The van der Waals surface area contributed by atoms with Crippen molar-refractivity contribution in [3.05, 3.63) is 23.6 Å². The summed E-state index contributed by atoms with van der Waals surface area (Å²) in [6, 6.07) is 1.74. The maximum absolute atomic E-state index is 14.0. The summed E-state index contributed by atoms with van der Waals surface area (Å²) in [6.45, 7) is 2.70. The van der Waals surface area contributed by atoms with Gasteiger partial charge in [-0.05, 0) is 25.3 Å². The molecule has 0 aromatic carbocycles. The van der Waals surface area contributed by atoms with Gasteiger partial charge in [0.25, 0.3) is 5.91 Å². The van der Waals surface area contributed by atoms with Crippen LogP contribution in [0.2, 0.25) is 0 Å². The van der Waals surface area contributed by atoms with Crippen LogP contribution in [0.25, 0.3) is 0 Å². The number of halogens is 1. The van der Waals surface area contributed by atoms with Crippen molar-refractivity contribution < 1.29 is 9.18 Å². The van der Waals surface area contributed by atoms with Gasteiger partial charge in [0, 0.05) is 25.8 Å². The standard InChI is InChI=1S/C13H18FN3O/c1-3-8-17(9-4-5-9)13(18)10-6-7-16-12(15-2)11(10)14/h6-7,9H,3-5,8H2,1-2H3,(H,15,16). The second-order valence-electron chi connectivity index (χ2n) is 4.50. The van der Waals surface area contributed by atoms with Gasteiger partial charge in [0.1, 0.15) is 0 Å². The first kappa shape index (κ1) is 12.8. The van der Waals surface area contributed by atoms with Crippen molar-refractivity contribution in [3.8, 4) is 0 Å². The molecule has 1 aliphatic carbocycles. The van der Waals surface area contributed by atoms with Crippen LogP contribution < -0.4 is 5.32 Å². The lowest BCUT2D eigenvalue weighted by Gasteiger charge is -2.22. The van der Waals surface area contributed by atoms with Gasteiger partial charge >= 0.3 is 0 Å². The molecule has 5 heteroatoms. The Balaban J connectivity index is 2.26. The number of pyridine rings is 1. The van der Waals surface area contributed by atoms with Crippen LogP contribution in [-0.4, -0.2) is 35.4 Å². The van der Waals surface area contributed by atoms with Crippen molar-refractivity contribution in [2.45, 2.75) is 32.2 Å². The molecule has 1 heterocycles. The average Bonchev–Trinajstić information content (AvgIpc) is 3.20. The average molecular weight is 251 g/mol. The number of nitrogens with zero attached hydrogens (tertiary/aromatic N) is 2. The lowest BCUT2D eigenvalue weighted by molar-refractivity contribution is 0.0738. The topological polar surface area (TPSA) is 45.2 Å². The quantitative estimate of drug-likeness (QED) is 0.873. The molecule has 1 aliphatic rings. The number of hydrogen-bond donors (Lipinski definition) is 1. The number of amides is 1. The molecule has 1 saturated carbocycles. The third-order valence-electron chi connectivity index (χ3n) is 3.07. The molecule has 1 fully saturated rings. The lowest BCUT2D eigenvalue weighted by atomic mass is 10.2. The molecule has 98 valence electrons. The van der Waals surface area contributed by atoms with Crippen LogP contribution in [0, 0.1) is 5.82 Å². The predicted octanol–water partition coefficient (Wildman–Crippen LogP) is 2.28. The number of rotatable bonds is 5. The van der Waals surface area contributed by atoms with Gasteiger partial charge < -0.3 is 10.2 Å². The van der Waals surface area contributed by atoms with Crippen molar-refractivity contribution in [3.63, 3.8) is 0 Å². The third-order valence-corrected chi connectivity index (χ3v) is 3.07. The van der Waals surface area contributed by atoms with E-state index in [0.29, 0.717) is 12.6 Å². The highest BCUT2D eigenvalue weighted by atomic mass is 19.1. The molecule has 1 aromatic rings. The number of carbonyl (C=O) groups is 1. The third kappa shape index (κ3) is 2.44. The minimum atomic E-state index is -0.563. The number of hydrogen-bond acceptors (Lipinski definition) is 3. The van der Waals surface area contributed by atoms with Crippen LogP contribution in [0.1, 0.15) is 36.5 Å². The van der Waals surface area contributed by atoms with E-state index in [-0.39, 0.29) is 17.3 Å². The molecule has 1 N–H and O–H groups in total. The van der Waals surface area contributed by atoms with E-state index in [2.05, 4.69) is 10.3 Å². The lowest BCUT2D eigenvalue weighted by Crippen LogP contribution is -2.34. The van der Waals surface area contributed by atoms with Gasteiger partial charge in [0.05, 0.1) is 5.56 Å². The first-order valence-electron chi connectivity index (χ1n) is 6.32. The summed E-state index contributed by atoms with van der Waals surface area (Å²) in [4.78, 5) is 18.0. The Labute approximate surface area is 106 Å². The minimum absolute atomic E-state index is 0.106. The molecule has 0 radical (unpaired) electrons. The van der Waals surface area contributed by atoms with Crippen LogP contribution in [0.4, 0.5) is 10.2 Å². The van der Waals surface area contributed by atoms with Crippen LogP contribution in [0.5, 0.6) is 0 Å². The zero-order valence-electron chi connectivity index (χ0n) is 10.7. The molecule has 18 heavy (non-hydrogen) atoms. The largest absolute Gasteiger partial charge is 0.371 e. The van der Waals surface area contributed by atoms with E-state index in [9.17, 15) is 9.18 Å². The molecule has 0 spiro atoms. The summed E-state index contributed by atoms with van der Waals surface area (Å²) < 4.78 is 14.0.